The van der Waals surface area contributed by atoms with Crippen molar-refractivity contribution in [2.75, 3.05) is 6.54 Å². The molecule has 1 fully saturated rings. The van der Waals surface area contributed by atoms with E-state index in [-0.39, 0.29) is 17.7 Å². The minimum absolute atomic E-state index is 0.0153. The second-order valence-corrected chi connectivity index (χ2v) is 5.90. The number of carbonyl (C=O) groups is 2. The van der Waals surface area contributed by atoms with Gasteiger partial charge in [0.15, 0.2) is 0 Å². The van der Waals surface area contributed by atoms with Crippen molar-refractivity contribution in [2.24, 2.45) is 30.7 Å². The summed E-state index contributed by atoms with van der Waals surface area (Å²) >= 11 is 0. The first kappa shape index (κ1) is 13.9. The highest BCUT2D eigenvalue weighted by Crippen LogP contribution is 2.48. The van der Waals surface area contributed by atoms with E-state index < -0.39 is 17.8 Å². The van der Waals surface area contributed by atoms with Crippen molar-refractivity contribution in [3.8, 4) is 0 Å². The number of aromatic nitrogens is 2. The minimum atomic E-state index is -0.862. The van der Waals surface area contributed by atoms with Crippen molar-refractivity contribution in [3.63, 3.8) is 0 Å². The van der Waals surface area contributed by atoms with E-state index in [0.29, 0.717) is 13.0 Å². The lowest BCUT2D eigenvalue weighted by atomic mass is 9.82. The number of aliphatic carboxylic acids is 1. The fraction of sp³-hybridized carbons (Fsp3) is 0.533. The molecule has 0 aliphatic heterocycles. The quantitative estimate of drug-likeness (QED) is 0.778. The summed E-state index contributed by atoms with van der Waals surface area (Å²) in [6.07, 6.45) is 9.11. The van der Waals surface area contributed by atoms with E-state index in [0.717, 1.165) is 12.0 Å². The summed E-state index contributed by atoms with van der Waals surface area (Å²) in [6.45, 7) is 0.508. The highest BCUT2D eigenvalue weighted by atomic mass is 16.4. The smallest absolute Gasteiger partial charge is 0.307 e. The number of carboxylic acids is 1. The topological polar surface area (TPSA) is 84.2 Å². The maximum absolute atomic E-state index is 12.3. The molecule has 0 spiro atoms. The molecular formula is C15H19N3O3. The molecule has 1 saturated carbocycles. The standard InChI is InChI=1S/C15H19N3O3/c1-18-8-9(7-17-18)4-5-16-14(19)12-10-2-3-11(6-10)13(12)15(20)21/h2-3,7-8,10-13H,4-6H2,1H3,(H,16,19)(H,20,21). The van der Waals surface area contributed by atoms with E-state index in [1.807, 2.05) is 25.4 Å². The number of fused-ring (bicyclic) bond motifs is 2. The number of carboxylic acid groups (broad SMARTS) is 1. The minimum Gasteiger partial charge on any atom is -0.481 e. The molecular weight excluding hydrogens is 270 g/mol. The van der Waals surface area contributed by atoms with Crippen molar-refractivity contribution in [1.82, 2.24) is 15.1 Å². The third-order valence-electron chi connectivity index (χ3n) is 4.52. The summed E-state index contributed by atoms with van der Waals surface area (Å²) in [5.41, 5.74) is 1.06. The van der Waals surface area contributed by atoms with Crippen LogP contribution in [-0.4, -0.2) is 33.3 Å². The third kappa shape index (κ3) is 2.57. The lowest BCUT2D eigenvalue weighted by Gasteiger charge is -2.23. The van der Waals surface area contributed by atoms with Crippen LogP contribution in [0, 0.1) is 23.7 Å². The number of nitrogens with one attached hydrogen (secondary N) is 1. The number of nitrogens with zero attached hydrogens (tertiary/aromatic N) is 2. The van der Waals surface area contributed by atoms with Crippen molar-refractivity contribution in [2.45, 2.75) is 12.8 Å². The van der Waals surface area contributed by atoms with Gasteiger partial charge in [0.2, 0.25) is 5.91 Å². The van der Waals surface area contributed by atoms with E-state index in [2.05, 4.69) is 10.4 Å². The van der Waals surface area contributed by atoms with E-state index in [9.17, 15) is 14.7 Å². The Morgan fingerprint density at radius 2 is 2.10 bits per heavy atom. The lowest BCUT2D eigenvalue weighted by molar-refractivity contribution is -0.147. The average molecular weight is 289 g/mol. The predicted molar refractivity (Wildman–Crippen MR) is 75.3 cm³/mol. The van der Waals surface area contributed by atoms with Crippen molar-refractivity contribution in [3.05, 3.63) is 30.1 Å². The highest BCUT2D eigenvalue weighted by molar-refractivity contribution is 5.86. The zero-order valence-electron chi connectivity index (χ0n) is 11.9. The molecule has 1 heterocycles. The number of hydrogen-bond donors (Lipinski definition) is 2. The maximum atomic E-state index is 12.3. The summed E-state index contributed by atoms with van der Waals surface area (Å²) in [7, 11) is 1.85. The fourth-order valence-electron chi connectivity index (χ4n) is 3.57. The number of allylic oxidation sites excluding steroid dienone is 2. The summed E-state index contributed by atoms with van der Waals surface area (Å²) in [4.78, 5) is 23.7. The van der Waals surface area contributed by atoms with Gasteiger partial charge in [-0.1, -0.05) is 12.2 Å². The van der Waals surface area contributed by atoms with Crippen LogP contribution < -0.4 is 5.32 Å². The van der Waals surface area contributed by atoms with Gasteiger partial charge >= 0.3 is 5.97 Å². The SMILES string of the molecule is Cn1cc(CCNC(=O)C2C3C=CC(C3)C2C(=O)O)cn1. The molecule has 2 aliphatic carbocycles. The second kappa shape index (κ2) is 5.35. The van der Waals surface area contributed by atoms with Crippen molar-refractivity contribution < 1.29 is 14.7 Å². The number of carbonyl (C=O) groups excluding carboxylic acids is 1. The zero-order chi connectivity index (χ0) is 15.0. The van der Waals surface area contributed by atoms with Crippen LogP contribution in [0.15, 0.2) is 24.5 Å². The first-order valence-corrected chi connectivity index (χ1v) is 7.22. The number of rotatable bonds is 5. The van der Waals surface area contributed by atoms with Gasteiger partial charge in [0.25, 0.3) is 0 Å². The van der Waals surface area contributed by atoms with Crippen LogP contribution in [0.1, 0.15) is 12.0 Å². The van der Waals surface area contributed by atoms with Gasteiger partial charge in [0.1, 0.15) is 0 Å². The van der Waals surface area contributed by atoms with Crippen LogP contribution in [0.25, 0.3) is 0 Å². The van der Waals surface area contributed by atoms with Crippen LogP contribution in [0.2, 0.25) is 0 Å². The fourth-order valence-corrected chi connectivity index (χ4v) is 3.57. The molecule has 0 aromatic carbocycles. The highest BCUT2D eigenvalue weighted by Gasteiger charge is 2.51. The maximum Gasteiger partial charge on any atom is 0.307 e. The van der Waals surface area contributed by atoms with E-state index in [4.69, 9.17) is 0 Å². The first-order valence-electron chi connectivity index (χ1n) is 7.22. The van der Waals surface area contributed by atoms with Gasteiger partial charge in [-0.2, -0.15) is 5.10 Å². The van der Waals surface area contributed by atoms with Gasteiger partial charge in [0, 0.05) is 19.8 Å². The Hall–Kier alpha value is -2.11. The van der Waals surface area contributed by atoms with Crippen LogP contribution in [-0.2, 0) is 23.1 Å². The first-order chi connectivity index (χ1) is 10.1. The van der Waals surface area contributed by atoms with Crippen LogP contribution in [0.3, 0.4) is 0 Å². The molecule has 1 amide bonds. The molecule has 2 aliphatic rings. The molecule has 3 rings (SSSR count). The van der Waals surface area contributed by atoms with Crippen LogP contribution in [0.4, 0.5) is 0 Å². The molecule has 1 aromatic heterocycles. The summed E-state index contributed by atoms with van der Waals surface area (Å²) in [5.74, 6) is -1.90. The van der Waals surface area contributed by atoms with Gasteiger partial charge in [-0.15, -0.1) is 0 Å². The van der Waals surface area contributed by atoms with Crippen LogP contribution >= 0.6 is 0 Å². The molecule has 0 radical (unpaired) electrons. The van der Waals surface area contributed by atoms with Crippen LogP contribution in [0.5, 0.6) is 0 Å². The molecule has 6 heteroatoms. The summed E-state index contributed by atoms with van der Waals surface area (Å²) < 4.78 is 1.72. The second-order valence-electron chi connectivity index (χ2n) is 5.90. The van der Waals surface area contributed by atoms with Crippen molar-refractivity contribution in [1.29, 1.82) is 0 Å². The van der Waals surface area contributed by atoms with Gasteiger partial charge in [-0.3, -0.25) is 14.3 Å². The Morgan fingerprint density at radius 3 is 2.71 bits per heavy atom. The molecule has 21 heavy (non-hydrogen) atoms. The Morgan fingerprint density at radius 1 is 1.38 bits per heavy atom. The molecule has 2 bridgehead atoms. The third-order valence-corrected chi connectivity index (χ3v) is 4.52. The Balaban J connectivity index is 1.57. The van der Waals surface area contributed by atoms with Gasteiger partial charge < -0.3 is 10.4 Å². The molecule has 4 unspecified atom stereocenters. The monoisotopic (exact) mass is 289 g/mol. The number of aryl methyl sites for hydroxylation is 1. The Kier molecular flexibility index (Phi) is 3.53. The summed E-state index contributed by atoms with van der Waals surface area (Å²) in [6, 6.07) is 0. The molecule has 6 nitrogen and oxygen atoms in total. The van der Waals surface area contributed by atoms with Crippen molar-refractivity contribution >= 4 is 11.9 Å². The molecule has 2 N–H and O–H groups in total. The number of hydrogen-bond acceptors (Lipinski definition) is 3. The Bertz CT molecular complexity index is 593. The van der Waals surface area contributed by atoms with Gasteiger partial charge in [0.05, 0.1) is 18.0 Å². The molecule has 112 valence electrons. The average Bonchev–Trinajstić information content (AvgIpc) is 3.13. The Labute approximate surface area is 122 Å². The van der Waals surface area contributed by atoms with E-state index >= 15 is 0 Å². The van der Waals surface area contributed by atoms with E-state index in [1.165, 1.54) is 0 Å². The largest absolute Gasteiger partial charge is 0.481 e. The molecule has 1 aromatic rings. The number of amides is 1. The molecule has 4 atom stereocenters. The van der Waals surface area contributed by atoms with Gasteiger partial charge in [-0.05, 0) is 30.2 Å². The lowest BCUT2D eigenvalue weighted by Crippen LogP contribution is -2.40. The van der Waals surface area contributed by atoms with E-state index in [1.54, 1.807) is 10.9 Å². The predicted octanol–water partition coefficient (Wildman–Crippen LogP) is 0.602. The zero-order valence-corrected chi connectivity index (χ0v) is 11.9. The summed E-state index contributed by atoms with van der Waals surface area (Å²) in [5, 5.41) is 16.3. The van der Waals surface area contributed by atoms with Gasteiger partial charge in [-0.25, -0.2) is 0 Å². The molecule has 0 saturated heterocycles. The normalized spacial score (nSPS) is 29.8.